The Morgan fingerprint density at radius 3 is 3.08 bits per heavy atom. The van der Waals surface area contributed by atoms with Gasteiger partial charge in [0.1, 0.15) is 4.60 Å². The van der Waals surface area contributed by atoms with Crippen molar-refractivity contribution in [2.75, 3.05) is 5.75 Å². The number of hydrogen-bond donors (Lipinski definition) is 1. The Labute approximate surface area is 86.1 Å². The van der Waals surface area contributed by atoms with Crippen LogP contribution in [0.4, 0.5) is 0 Å². The fourth-order valence-corrected chi connectivity index (χ4v) is 1.18. The molecule has 0 N–H and O–H groups in total. The van der Waals surface area contributed by atoms with E-state index >= 15 is 0 Å². The van der Waals surface area contributed by atoms with Crippen LogP contribution in [0, 0.1) is 11.8 Å². The molecule has 0 radical (unpaired) electrons. The van der Waals surface area contributed by atoms with Crippen LogP contribution in [-0.4, -0.2) is 10.7 Å². The van der Waals surface area contributed by atoms with E-state index in [1.54, 1.807) is 6.20 Å². The van der Waals surface area contributed by atoms with Crippen LogP contribution >= 0.6 is 28.6 Å². The smallest absolute Gasteiger partial charge is 0.107 e. The quantitative estimate of drug-likeness (QED) is 0.453. The number of thiol groups is 1. The Morgan fingerprint density at radius 1 is 1.58 bits per heavy atom. The maximum atomic E-state index is 4.06. The highest BCUT2D eigenvalue weighted by atomic mass is 79.9. The van der Waals surface area contributed by atoms with Gasteiger partial charge in [-0.2, -0.15) is 12.6 Å². The lowest BCUT2D eigenvalue weighted by atomic mass is 10.3. The van der Waals surface area contributed by atoms with Gasteiger partial charge in [0.15, 0.2) is 0 Å². The summed E-state index contributed by atoms with van der Waals surface area (Å²) in [6.07, 6.45) is 2.55. The highest BCUT2D eigenvalue weighted by molar-refractivity contribution is 9.10. The standard InChI is InChI=1S/C9H8BrNS/c10-9-7-8(4-5-11-9)3-1-2-6-12/h4-5,7,12H,2,6H2. The van der Waals surface area contributed by atoms with Gasteiger partial charge in [0, 0.05) is 23.9 Å². The fourth-order valence-electron chi connectivity index (χ4n) is 0.701. The predicted octanol–water partition coefficient (Wildman–Crippen LogP) is 2.52. The molecule has 0 bridgehead atoms. The lowest BCUT2D eigenvalue weighted by Crippen LogP contribution is -1.77. The summed E-state index contributed by atoms with van der Waals surface area (Å²) in [5, 5.41) is 0. The third-order valence-corrected chi connectivity index (χ3v) is 1.85. The Balaban J connectivity index is 2.71. The van der Waals surface area contributed by atoms with E-state index in [-0.39, 0.29) is 0 Å². The topological polar surface area (TPSA) is 12.9 Å². The van der Waals surface area contributed by atoms with Crippen LogP contribution in [0.3, 0.4) is 0 Å². The minimum atomic E-state index is 0.805. The predicted molar refractivity (Wildman–Crippen MR) is 57.3 cm³/mol. The van der Waals surface area contributed by atoms with E-state index in [0.29, 0.717) is 0 Å². The first-order valence-electron chi connectivity index (χ1n) is 3.54. The largest absolute Gasteiger partial charge is 0.249 e. The van der Waals surface area contributed by atoms with Gasteiger partial charge < -0.3 is 0 Å². The molecule has 0 fully saturated rings. The molecular weight excluding hydrogens is 234 g/mol. The van der Waals surface area contributed by atoms with E-state index in [0.717, 1.165) is 22.3 Å². The maximum absolute atomic E-state index is 4.06. The second kappa shape index (κ2) is 5.23. The molecule has 0 saturated carbocycles. The van der Waals surface area contributed by atoms with Gasteiger partial charge in [0.25, 0.3) is 0 Å². The minimum Gasteiger partial charge on any atom is -0.249 e. The molecule has 0 aliphatic heterocycles. The molecule has 0 aliphatic rings. The summed E-state index contributed by atoms with van der Waals surface area (Å²) in [6, 6.07) is 3.78. The zero-order valence-electron chi connectivity index (χ0n) is 6.42. The lowest BCUT2D eigenvalue weighted by Gasteiger charge is -1.89. The van der Waals surface area contributed by atoms with Crippen molar-refractivity contribution in [2.24, 2.45) is 0 Å². The van der Waals surface area contributed by atoms with E-state index in [9.17, 15) is 0 Å². The van der Waals surface area contributed by atoms with Crippen LogP contribution in [0.15, 0.2) is 22.9 Å². The molecule has 1 aromatic heterocycles. The Morgan fingerprint density at radius 2 is 2.42 bits per heavy atom. The average molecular weight is 242 g/mol. The Kier molecular flexibility index (Phi) is 4.20. The van der Waals surface area contributed by atoms with Crippen LogP contribution in [0.5, 0.6) is 0 Å². The van der Waals surface area contributed by atoms with Crippen molar-refractivity contribution in [3.05, 3.63) is 28.5 Å². The van der Waals surface area contributed by atoms with Gasteiger partial charge in [-0.1, -0.05) is 11.8 Å². The van der Waals surface area contributed by atoms with Crippen molar-refractivity contribution in [2.45, 2.75) is 6.42 Å². The molecule has 0 unspecified atom stereocenters. The first kappa shape index (κ1) is 9.63. The Bertz CT molecular complexity index is 314. The van der Waals surface area contributed by atoms with Crippen molar-refractivity contribution in [3.63, 3.8) is 0 Å². The molecule has 1 nitrogen and oxygen atoms in total. The summed E-state index contributed by atoms with van der Waals surface area (Å²) >= 11 is 7.34. The first-order valence-corrected chi connectivity index (χ1v) is 4.97. The highest BCUT2D eigenvalue weighted by Crippen LogP contribution is 2.06. The van der Waals surface area contributed by atoms with Gasteiger partial charge in [-0.15, -0.1) is 0 Å². The lowest BCUT2D eigenvalue weighted by molar-refractivity contribution is 1.26. The molecular formula is C9H8BrNS. The molecule has 62 valence electrons. The Hall–Kier alpha value is -0.460. The summed E-state index contributed by atoms with van der Waals surface area (Å²) in [5.41, 5.74) is 0.985. The summed E-state index contributed by atoms with van der Waals surface area (Å²) in [4.78, 5) is 4.00. The summed E-state index contributed by atoms with van der Waals surface area (Å²) in [5.74, 6) is 6.83. The fraction of sp³-hybridized carbons (Fsp3) is 0.222. The molecule has 0 saturated heterocycles. The van der Waals surface area contributed by atoms with Gasteiger partial charge in [-0.05, 0) is 28.1 Å². The monoisotopic (exact) mass is 241 g/mol. The second-order valence-electron chi connectivity index (χ2n) is 2.14. The van der Waals surface area contributed by atoms with Crippen LogP contribution in [-0.2, 0) is 0 Å². The van der Waals surface area contributed by atoms with Gasteiger partial charge in [0.2, 0.25) is 0 Å². The third kappa shape index (κ3) is 3.29. The molecule has 1 rings (SSSR count). The summed E-state index contributed by atoms with van der Waals surface area (Å²) in [7, 11) is 0. The molecule has 1 heterocycles. The number of hydrogen-bond acceptors (Lipinski definition) is 2. The highest BCUT2D eigenvalue weighted by Gasteiger charge is 1.88. The average Bonchev–Trinajstić information content (AvgIpc) is 2.05. The van der Waals surface area contributed by atoms with Crippen LogP contribution in [0.1, 0.15) is 12.0 Å². The van der Waals surface area contributed by atoms with E-state index in [4.69, 9.17) is 0 Å². The van der Waals surface area contributed by atoms with E-state index in [2.05, 4.69) is 45.4 Å². The van der Waals surface area contributed by atoms with Crippen LogP contribution in [0.25, 0.3) is 0 Å². The molecule has 1 aromatic rings. The van der Waals surface area contributed by atoms with Gasteiger partial charge in [-0.3, -0.25) is 0 Å². The second-order valence-corrected chi connectivity index (χ2v) is 3.40. The zero-order chi connectivity index (χ0) is 8.81. The van der Waals surface area contributed by atoms with Crippen molar-refractivity contribution < 1.29 is 0 Å². The number of pyridine rings is 1. The van der Waals surface area contributed by atoms with Gasteiger partial charge >= 0.3 is 0 Å². The maximum Gasteiger partial charge on any atom is 0.107 e. The molecule has 0 aromatic carbocycles. The van der Waals surface area contributed by atoms with E-state index < -0.39 is 0 Å². The summed E-state index contributed by atoms with van der Waals surface area (Å²) in [6.45, 7) is 0. The first-order chi connectivity index (χ1) is 5.83. The molecule has 12 heavy (non-hydrogen) atoms. The number of aromatic nitrogens is 1. The van der Waals surface area contributed by atoms with Crippen molar-refractivity contribution in [1.29, 1.82) is 0 Å². The minimum absolute atomic E-state index is 0.805. The van der Waals surface area contributed by atoms with Gasteiger partial charge in [-0.25, -0.2) is 4.98 Å². The van der Waals surface area contributed by atoms with Crippen LogP contribution in [0.2, 0.25) is 0 Å². The van der Waals surface area contributed by atoms with Crippen molar-refractivity contribution in [3.8, 4) is 11.8 Å². The summed E-state index contributed by atoms with van der Waals surface area (Å²) < 4.78 is 0.820. The number of nitrogens with zero attached hydrogens (tertiary/aromatic N) is 1. The normalized spacial score (nSPS) is 8.83. The molecule has 0 amide bonds. The van der Waals surface area contributed by atoms with Crippen LogP contribution < -0.4 is 0 Å². The molecule has 0 aliphatic carbocycles. The van der Waals surface area contributed by atoms with E-state index in [1.165, 1.54) is 0 Å². The van der Waals surface area contributed by atoms with Gasteiger partial charge in [0.05, 0.1) is 0 Å². The van der Waals surface area contributed by atoms with E-state index in [1.807, 2.05) is 12.1 Å². The van der Waals surface area contributed by atoms with Crippen molar-refractivity contribution >= 4 is 28.6 Å². The third-order valence-electron chi connectivity index (χ3n) is 1.20. The number of halogens is 1. The number of rotatable bonds is 1. The SMILES string of the molecule is SCCC#Cc1ccnc(Br)c1. The molecule has 0 atom stereocenters. The molecule has 3 heteroatoms. The zero-order valence-corrected chi connectivity index (χ0v) is 8.90. The van der Waals surface area contributed by atoms with Crippen molar-refractivity contribution in [1.82, 2.24) is 4.98 Å². The molecule has 0 spiro atoms.